The minimum absolute atomic E-state index is 0.231. The van der Waals surface area contributed by atoms with Gasteiger partial charge in [0.2, 0.25) is 0 Å². The molecule has 2 aromatic heterocycles. The van der Waals surface area contributed by atoms with E-state index in [1.165, 1.54) is 16.8 Å². The maximum absolute atomic E-state index is 13.1. The summed E-state index contributed by atoms with van der Waals surface area (Å²) >= 11 is 6.46. The fourth-order valence-corrected chi connectivity index (χ4v) is 3.84. The second kappa shape index (κ2) is 8.20. The number of carbonyl (C=O) groups is 1. The maximum Gasteiger partial charge on any atom is 0.260 e. The van der Waals surface area contributed by atoms with Gasteiger partial charge in [0.05, 0.1) is 17.8 Å². The standard InChI is InChI=1S/C23H20ClFN6O/c1-13-19(20(24)31(30-13)12-14-2-8-17(25)9-3-14)23(32)26-18-10-6-16(7-11-18)22-27-21(28-29-22)15-4-5-15/h2-3,6-11,15H,4-5,12H2,1H3,(H,26,32)(H,27,28,29). The van der Waals surface area contributed by atoms with Gasteiger partial charge in [-0.2, -0.15) is 10.2 Å². The highest BCUT2D eigenvalue weighted by molar-refractivity contribution is 6.33. The van der Waals surface area contributed by atoms with Crippen LogP contribution in [-0.4, -0.2) is 30.9 Å². The van der Waals surface area contributed by atoms with E-state index in [9.17, 15) is 9.18 Å². The van der Waals surface area contributed by atoms with Gasteiger partial charge in [0.25, 0.3) is 5.91 Å². The van der Waals surface area contributed by atoms with Crippen molar-refractivity contribution in [2.24, 2.45) is 0 Å². The fraction of sp³-hybridized carbons (Fsp3) is 0.217. The van der Waals surface area contributed by atoms with Gasteiger partial charge < -0.3 is 5.32 Å². The lowest BCUT2D eigenvalue weighted by atomic mass is 10.2. The van der Waals surface area contributed by atoms with Crippen molar-refractivity contribution < 1.29 is 9.18 Å². The minimum atomic E-state index is -0.348. The molecule has 0 radical (unpaired) electrons. The molecule has 1 fully saturated rings. The first-order valence-electron chi connectivity index (χ1n) is 10.3. The van der Waals surface area contributed by atoms with Crippen molar-refractivity contribution in [3.63, 3.8) is 0 Å². The number of nitrogens with one attached hydrogen (secondary N) is 2. The van der Waals surface area contributed by atoms with Gasteiger partial charge in [-0.1, -0.05) is 23.7 Å². The third-order valence-corrected chi connectivity index (χ3v) is 5.79. The predicted molar refractivity (Wildman–Crippen MR) is 119 cm³/mol. The van der Waals surface area contributed by atoms with Crippen LogP contribution in [0.15, 0.2) is 48.5 Å². The van der Waals surface area contributed by atoms with Crippen LogP contribution in [0.25, 0.3) is 11.4 Å². The second-order valence-electron chi connectivity index (χ2n) is 7.89. The van der Waals surface area contributed by atoms with Crippen molar-refractivity contribution in [3.8, 4) is 11.4 Å². The molecular formula is C23H20ClFN6O. The highest BCUT2D eigenvalue weighted by Gasteiger charge is 2.27. The van der Waals surface area contributed by atoms with Crippen molar-refractivity contribution in [1.29, 1.82) is 0 Å². The monoisotopic (exact) mass is 450 g/mol. The fourth-order valence-electron chi connectivity index (χ4n) is 3.52. The van der Waals surface area contributed by atoms with Crippen LogP contribution in [0.5, 0.6) is 0 Å². The van der Waals surface area contributed by atoms with Crippen molar-refractivity contribution in [2.75, 3.05) is 5.32 Å². The van der Waals surface area contributed by atoms with Crippen molar-refractivity contribution in [1.82, 2.24) is 25.0 Å². The van der Waals surface area contributed by atoms with Gasteiger partial charge in [0.1, 0.15) is 16.8 Å². The van der Waals surface area contributed by atoms with Gasteiger partial charge in [-0.3, -0.25) is 9.89 Å². The van der Waals surface area contributed by atoms with Gasteiger partial charge in [-0.25, -0.2) is 14.1 Å². The minimum Gasteiger partial charge on any atom is -0.322 e. The molecule has 0 bridgehead atoms. The van der Waals surface area contributed by atoms with Gasteiger partial charge in [-0.15, -0.1) is 0 Å². The highest BCUT2D eigenvalue weighted by Crippen LogP contribution is 2.38. The van der Waals surface area contributed by atoms with E-state index in [4.69, 9.17) is 11.6 Å². The number of aromatic nitrogens is 5. The van der Waals surface area contributed by atoms with Crippen molar-refractivity contribution >= 4 is 23.2 Å². The summed E-state index contributed by atoms with van der Waals surface area (Å²) in [6.07, 6.45) is 2.31. The zero-order chi connectivity index (χ0) is 22.2. The molecule has 0 aliphatic heterocycles. The summed E-state index contributed by atoms with van der Waals surface area (Å²) in [7, 11) is 0. The Balaban J connectivity index is 1.30. The molecule has 1 amide bonds. The average Bonchev–Trinajstić information content (AvgIpc) is 3.44. The predicted octanol–water partition coefficient (Wildman–Crippen LogP) is 4.95. The molecule has 2 aromatic carbocycles. The summed E-state index contributed by atoms with van der Waals surface area (Å²) in [6, 6.07) is 13.4. The molecule has 9 heteroatoms. The molecule has 0 spiro atoms. The Morgan fingerprint density at radius 1 is 1.19 bits per heavy atom. The van der Waals surface area contributed by atoms with Crippen LogP contribution in [0.3, 0.4) is 0 Å². The molecule has 1 aliphatic carbocycles. The van der Waals surface area contributed by atoms with Crippen molar-refractivity contribution in [2.45, 2.75) is 32.2 Å². The number of halogens is 2. The van der Waals surface area contributed by atoms with Crippen LogP contribution >= 0.6 is 11.6 Å². The van der Waals surface area contributed by atoms with Crippen LogP contribution in [-0.2, 0) is 6.54 Å². The smallest absolute Gasteiger partial charge is 0.260 e. The molecule has 0 unspecified atom stereocenters. The van der Waals surface area contributed by atoms with E-state index in [2.05, 4.69) is 25.6 Å². The Morgan fingerprint density at radius 3 is 2.59 bits per heavy atom. The normalized spacial score (nSPS) is 13.3. The summed E-state index contributed by atoms with van der Waals surface area (Å²) in [4.78, 5) is 17.4. The summed E-state index contributed by atoms with van der Waals surface area (Å²) in [6.45, 7) is 2.06. The lowest BCUT2D eigenvalue weighted by Gasteiger charge is -2.06. The number of H-pyrrole nitrogens is 1. The number of carbonyl (C=O) groups excluding carboxylic acids is 1. The van der Waals surface area contributed by atoms with Gasteiger partial charge in [0, 0.05) is 17.2 Å². The SMILES string of the molecule is Cc1nn(Cc2ccc(F)cc2)c(Cl)c1C(=O)Nc1ccc(-c2n[nH]c(C3CC3)n2)cc1. The molecule has 0 saturated heterocycles. The Labute approximate surface area is 188 Å². The first-order valence-corrected chi connectivity index (χ1v) is 10.7. The quantitative estimate of drug-likeness (QED) is 0.435. The third kappa shape index (κ3) is 4.13. The number of nitrogens with zero attached hydrogens (tertiary/aromatic N) is 4. The lowest BCUT2D eigenvalue weighted by molar-refractivity contribution is 0.102. The molecule has 7 nitrogen and oxygen atoms in total. The van der Waals surface area contributed by atoms with Gasteiger partial charge in [0.15, 0.2) is 5.82 Å². The number of aromatic amines is 1. The number of benzene rings is 2. The topological polar surface area (TPSA) is 88.5 Å². The van der Waals surface area contributed by atoms with Gasteiger partial charge in [-0.05, 0) is 61.7 Å². The summed E-state index contributed by atoms with van der Waals surface area (Å²) in [5.74, 6) is 1.42. The Hall–Kier alpha value is -3.52. The number of amides is 1. The average molecular weight is 451 g/mol. The third-order valence-electron chi connectivity index (χ3n) is 5.41. The van der Waals surface area contributed by atoms with Crippen LogP contribution < -0.4 is 5.32 Å². The molecule has 2 heterocycles. The van der Waals surface area contributed by atoms with E-state index in [0.717, 1.165) is 29.8 Å². The highest BCUT2D eigenvalue weighted by atomic mass is 35.5. The number of hydrogen-bond donors (Lipinski definition) is 2. The zero-order valence-electron chi connectivity index (χ0n) is 17.3. The largest absolute Gasteiger partial charge is 0.322 e. The molecule has 2 N–H and O–H groups in total. The van der Waals surface area contributed by atoms with Crippen molar-refractivity contribution in [3.05, 3.63) is 82.1 Å². The van der Waals surface area contributed by atoms with Crippen LogP contribution in [0.2, 0.25) is 5.15 Å². The molecule has 1 aliphatic rings. The first-order chi connectivity index (χ1) is 15.5. The van der Waals surface area contributed by atoms with E-state index < -0.39 is 0 Å². The van der Waals surface area contributed by atoms with Crippen LogP contribution in [0.1, 0.15) is 46.2 Å². The number of rotatable bonds is 6. The van der Waals surface area contributed by atoms with E-state index in [1.807, 2.05) is 12.1 Å². The molecule has 1 saturated carbocycles. The summed E-state index contributed by atoms with van der Waals surface area (Å²) in [5.41, 5.74) is 3.14. The summed E-state index contributed by atoms with van der Waals surface area (Å²) < 4.78 is 14.7. The Bertz CT molecular complexity index is 1280. The van der Waals surface area contributed by atoms with Crippen LogP contribution in [0, 0.1) is 12.7 Å². The van der Waals surface area contributed by atoms with E-state index in [0.29, 0.717) is 35.2 Å². The first kappa shape index (κ1) is 20.4. The van der Waals surface area contributed by atoms with Gasteiger partial charge >= 0.3 is 0 Å². The lowest BCUT2D eigenvalue weighted by Crippen LogP contribution is -2.13. The number of aryl methyl sites for hydroxylation is 1. The Kier molecular flexibility index (Phi) is 5.22. The second-order valence-corrected chi connectivity index (χ2v) is 8.24. The summed E-state index contributed by atoms with van der Waals surface area (Å²) in [5, 5.41) is 14.7. The number of hydrogen-bond acceptors (Lipinski definition) is 4. The molecule has 32 heavy (non-hydrogen) atoms. The molecule has 0 atom stereocenters. The molecule has 4 aromatic rings. The molecule has 162 valence electrons. The van der Waals surface area contributed by atoms with E-state index in [-0.39, 0.29) is 16.9 Å². The van der Waals surface area contributed by atoms with Crippen LogP contribution in [0.4, 0.5) is 10.1 Å². The van der Waals surface area contributed by atoms with E-state index >= 15 is 0 Å². The zero-order valence-corrected chi connectivity index (χ0v) is 18.0. The maximum atomic E-state index is 13.1. The van der Waals surface area contributed by atoms with E-state index in [1.54, 1.807) is 31.2 Å². The Morgan fingerprint density at radius 2 is 1.91 bits per heavy atom. The number of anilines is 1. The molecular weight excluding hydrogens is 431 g/mol. The molecule has 5 rings (SSSR count).